The van der Waals surface area contributed by atoms with Crippen LogP contribution < -0.4 is 21.4 Å². The van der Waals surface area contributed by atoms with Gasteiger partial charge >= 0.3 is 12.2 Å². The topological polar surface area (TPSA) is 171 Å². The fraction of sp³-hybridized carbons (Fsp3) is 0.447. The quantitative estimate of drug-likeness (QED) is 0.154. The Hall–Kier alpha value is -5.01. The smallest absolute Gasteiger partial charge is 0.407 e. The summed E-state index contributed by atoms with van der Waals surface area (Å²) in [5, 5.41) is 19.6. The van der Waals surface area contributed by atoms with Gasteiger partial charge in [-0.3, -0.25) is 20.0 Å². The van der Waals surface area contributed by atoms with Crippen LogP contribution in [0.25, 0.3) is 11.3 Å². The number of nitrogens with one attached hydrogen (secondary N) is 4. The minimum absolute atomic E-state index is 0.112. The number of aliphatic hydroxyl groups excluding tert-OH is 1. The Morgan fingerprint density at radius 3 is 2.02 bits per heavy atom. The normalized spacial score (nSPS) is 18.3. The number of carbonyl (C=O) groups excluding carboxylic acids is 4. The minimum Gasteiger partial charge on any atom is -0.453 e. The monoisotopic (exact) mass is 714 g/mol. The van der Waals surface area contributed by atoms with Gasteiger partial charge < -0.3 is 30.5 Å². The molecule has 0 radical (unpaired) electrons. The summed E-state index contributed by atoms with van der Waals surface area (Å²) in [7, 11) is 1.88. The van der Waals surface area contributed by atoms with Crippen molar-refractivity contribution in [3.05, 3.63) is 90.1 Å². The van der Waals surface area contributed by atoms with Crippen molar-refractivity contribution in [3.63, 3.8) is 0 Å². The highest BCUT2D eigenvalue weighted by atomic mass is 16.5. The van der Waals surface area contributed by atoms with Crippen molar-refractivity contribution in [2.45, 2.75) is 78.5 Å². The van der Waals surface area contributed by atoms with E-state index in [1.54, 1.807) is 92.9 Å². The fourth-order valence-electron chi connectivity index (χ4n) is 4.98. The third-order valence-corrected chi connectivity index (χ3v) is 7.63. The van der Waals surface area contributed by atoms with Crippen molar-refractivity contribution >= 4 is 24.0 Å². The van der Waals surface area contributed by atoms with Crippen LogP contribution in [-0.2, 0) is 32.0 Å². The van der Waals surface area contributed by atoms with Gasteiger partial charge in [0.05, 0.1) is 33.4 Å². The van der Waals surface area contributed by atoms with E-state index >= 15 is 0 Å². The molecule has 1 aromatic heterocycles. The second-order valence-electron chi connectivity index (χ2n) is 12.8. The number of amides is 4. The third-order valence-electron chi connectivity index (χ3n) is 7.63. The lowest BCUT2D eigenvalue weighted by molar-refractivity contribution is -0.132. The molecule has 276 valence electrons. The van der Waals surface area contributed by atoms with E-state index < -0.39 is 86.1 Å². The number of ether oxygens (including phenoxy) is 2. The van der Waals surface area contributed by atoms with E-state index in [9.17, 15) is 25.7 Å². The molecule has 5 N–H and O–H groups in total. The number of aliphatic hydroxyl groups is 1. The van der Waals surface area contributed by atoms with Gasteiger partial charge in [0, 0.05) is 37.2 Å². The van der Waals surface area contributed by atoms with Gasteiger partial charge in [0.1, 0.15) is 12.1 Å². The molecule has 0 saturated heterocycles. The molecule has 1 heterocycles. The molecule has 0 aliphatic carbocycles. The first-order valence-corrected chi connectivity index (χ1v) is 15.9. The van der Waals surface area contributed by atoms with Crippen molar-refractivity contribution < 1.29 is 47.5 Å². The molecule has 51 heavy (non-hydrogen) atoms. The number of hydrazine groups is 1. The average Bonchev–Trinajstić information content (AvgIpc) is 3.15. The van der Waals surface area contributed by atoms with Crippen molar-refractivity contribution in [2.75, 3.05) is 20.8 Å². The van der Waals surface area contributed by atoms with Crippen LogP contribution in [0.15, 0.2) is 79.0 Å². The lowest BCUT2D eigenvalue weighted by Crippen LogP contribution is -2.60. The van der Waals surface area contributed by atoms with E-state index in [0.717, 1.165) is 19.8 Å². The molecule has 4 atom stereocenters. The largest absolute Gasteiger partial charge is 0.453 e. The average molecular weight is 715 g/mol. The number of pyridine rings is 1. The third kappa shape index (κ3) is 12.7. The van der Waals surface area contributed by atoms with Gasteiger partial charge in [-0.05, 0) is 40.5 Å². The SMILES string of the molecule is [2H]C([2H])([2H])C(C([2H])([2H])[2H])(C([2H])([2H])[2H])[C@]([2H])(NC(=O)OC)C(=O)N[C@@H](Cc1ccccc1)[C@@H](O)CN(Cc1ccc(-c2ccccn2)cc1)NC(=O)[C@@H](NC(=O)OC)C(C)(C)C. The van der Waals surface area contributed by atoms with Gasteiger partial charge in [-0.25, -0.2) is 14.6 Å². The number of rotatable bonds is 14. The molecule has 0 saturated carbocycles. The molecule has 0 aliphatic rings. The second kappa shape index (κ2) is 18.3. The van der Waals surface area contributed by atoms with Crippen LogP contribution in [0.4, 0.5) is 9.59 Å². The lowest BCUT2D eigenvalue weighted by Gasteiger charge is -2.35. The highest BCUT2D eigenvalue weighted by molar-refractivity contribution is 5.87. The molecular weight excluding hydrogens is 652 g/mol. The van der Waals surface area contributed by atoms with E-state index in [0.29, 0.717) is 16.8 Å². The molecule has 0 aliphatic heterocycles. The number of nitrogens with zero attached hydrogens (tertiary/aromatic N) is 2. The summed E-state index contributed by atoms with van der Waals surface area (Å²) < 4.78 is 92.1. The van der Waals surface area contributed by atoms with Gasteiger partial charge in [-0.15, -0.1) is 0 Å². The van der Waals surface area contributed by atoms with Crippen molar-refractivity contribution in [3.8, 4) is 11.3 Å². The zero-order valence-electron chi connectivity index (χ0n) is 39.2. The van der Waals surface area contributed by atoms with E-state index in [4.69, 9.17) is 17.1 Å². The second-order valence-corrected chi connectivity index (χ2v) is 12.8. The maximum Gasteiger partial charge on any atom is 0.407 e. The Labute approximate surface area is 314 Å². The number of aromatic nitrogens is 1. The molecular formula is C38H52N6O7. The Balaban J connectivity index is 2.18. The molecule has 2 aromatic carbocycles. The molecule has 4 amide bonds. The first-order valence-electron chi connectivity index (χ1n) is 20.9. The number of methoxy groups -OCH3 is 2. The minimum atomic E-state index is -4.28. The summed E-state index contributed by atoms with van der Waals surface area (Å²) in [5.41, 5.74) is 0.0285. The Morgan fingerprint density at radius 1 is 0.824 bits per heavy atom. The predicted octanol–water partition coefficient (Wildman–Crippen LogP) is 4.21. The zero-order chi connectivity index (χ0) is 46.2. The highest BCUT2D eigenvalue weighted by Gasteiger charge is 2.37. The van der Waals surface area contributed by atoms with Crippen LogP contribution in [-0.4, -0.2) is 84.1 Å². The molecule has 0 bridgehead atoms. The number of hydrogen-bond acceptors (Lipinski definition) is 9. The van der Waals surface area contributed by atoms with Crippen molar-refractivity contribution in [1.29, 1.82) is 0 Å². The fourth-order valence-corrected chi connectivity index (χ4v) is 4.98. The van der Waals surface area contributed by atoms with Gasteiger partial charge in [0.2, 0.25) is 5.91 Å². The first kappa shape index (κ1) is 27.7. The Bertz CT molecular complexity index is 1910. The van der Waals surface area contributed by atoms with Crippen molar-refractivity contribution in [1.82, 2.24) is 31.4 Å². The molecule has 13 nitrogen and oxygen atoms in total. The first-order chi connectivity index (χ1) is 28.1. The summed E-state index contributed by atoms with van der Waals surface area (Å²) >= 11 is 0. The molecule has 13 heteroatoms. The van der Waals surface area contributed by atoms with Gasteiger partial charge in [-0.1, -0.05) is 102 Å². The maximum atomic E-state index is 14.5. The van der Waals surface area contributed by atoms with Crippen LogP contribution in [0, 0.1) is 10.8 Å². The summed E-state index contributed by atoms with van der Waals surface area (Å²) in [6, 6.07) is 13.7. The summed E-state index contributed by atoms with van der Waals surface area (Å²) in [5.74, 6) is -2.67. The number of carbonyl (C=O) groups is 4. The molecule has 3 rings (SSSR count). The predicted molar refractivity (Wildman–Crippen MR) is 194 cm³/mol. The van der Waals surface area contributed by atoms with Crippen molar-refractivity contribution in [2.24, 2.45) is 10.8 Å². The number of benzene rings is 2. The zero-order valence-corrected chi connectivity index (χ0v) is 29.2. The van der Waals surface area contributed by atoms with E-state index in [1.165, 1.54) is 5.01 Å². The van der Waals surface area contributed by atoms with Gasteiger partial charge in [0.25, 0.3) is 5.91 Å². The lowest BCUT2D eigenvalue weighted by atomic mass is 9.85. The molecule has 0 spiro atoms. The van der Waals surface area contributed by atoms with Gasteiger partial charge in [-0.2, -0.15) is 0 Å². The highest BCUT2D eigenvalue weighted by Crippen LogP contribution is 2.23. The van der Waals surface area contributed by atoms with E-state index in [1.807, 2.05) is 12.1 Å². The molecule has 0 unspecified atom stereocenters. The summed E-state index contributed by atoms with van der Waals surface area (Å²) in [4.78, 5) is 57.7. The Morgan fingerprint density at radius 2 is 1.45 bits per heavy atom. The van der Waals surface area contributed by atoms with Crippen LogP contribution in [0.2, 0.25) is 0 Å². The van der Waals surface area contributed by atoms with Crippen LogP contribution >= 0.6 is 0 Å². The maximum absolute atomic E-state index is 14.5. The van der Waals surface area contributed by atoms with Crippen LogP contribution in [0.5, 0.6) is 0 Å². The molecule has 0 fully saturated rings. The number of hydrogen-bond donors (Lipinski definition) is 5. The summed E-state index contributed by atoms with van der Waals surface area (Å²) in [6.45, 7) is -8.05. The van der Waals surface area contributed by atoms with Crippen LogP contribution in [0.1, 0.15) is 66.2 Å². The Kier molecular flexibility index (Phi) is 9.93. The number of alkyl carbamates (subject to hydrolysis) is 2. The standard InChI is InChI=1S/C38H52N6O7/c1-37(2,3)31(41-35(48)50-7)33(46)40-29(22-25-14-10-9-11-15-25)30(45)24-44(43-34(47)32(38(4,5)6)42-36(49)51-8)23-26-17-19-27(20-18-26)28-16-12-13-21-39-28/h9-21,29-32,45H,22-24H2,1-8H3,(H,40,46)(H,41,48)(H,42,49)(H,43,47)/t29-,30-,31+,32+/m0/s1/i1D3,2D3,3D3,31D. The summed E-state index contributed by atoms with van der Waals surface area (Å²) in [6.07, 6.45) is -3.06. The van der Waals surface area contributed by atoms with E-state index in [-0.39, 0.29) is 13.0 Å². The van der Waals surface area contributed by atoms with Crippen LogP contribution in [0.3, 0.4) is 0 Å². The van der Waals surface area contributed by atoms with E-state index in [2.05, 4.69) is 25.8 Å². The van der Waals surface area contributed by atoms with Gasteiger partial charge in [0.15, 0.2) is 0 Å². The molecule has 3 aromatic rings.